The summed E-state index contributed by atoms with van der Waals surface area (Å²) >= 11 is 0. The van der Waals surface area contributed by atoms with Gasteiger partial charge in [-0.3, -0.25) is 4.79 Å². The number of terminal acetylenes is 1. The molecule has 0 spiro atoms. The normalized spacial score (nSPS) is 24.2. The van der Waals surface area contributed by atoms with Crippen molar-refractivity contribution in [2.75, 3.05) is 13.1 Å². The first-order chi connectivity index (χ1) is 8.55. The Hall–Kier alpha value is -1.54. The van der Waals surface area contributed by atoms with E-state index >= 15 is 0 Å². The zero-order valence-electron chi connectivity index (χ0n) is 10.7. The van der Waals surface area contributed by atoms with E-state index in [0.717, 1.165) is 25.8 Å². The number of amides is 1. The zero-order chi connectivity index (χ0) is 13.6. The van der Waals surface area contributed by atoms with Crippen molar-refractivity contribution < 1.29 is 14.7 Å². The fourth-order valence-electron chi connectivity index (χ4n) is 2.37. The van der Waals surface area contributed by atoms with Crippen molar-refractivity contribution in [1.82, 2.24) is 10.6 Å². The van der Waals surface area contributed by atoms with Gasteiger partial charge in [-0.25, -0.2) is 4.79 Å². The lowest BCUT2D eigenvalue weighted by Gasteiger charge is -2.28. The van der Waals surface area contributed by atoms with Gasteiger partial charge in [-0.1, -0.05) is 13.3 Å². The number of hydrogen-bond acceptors (Lipinski definition) is 3. The highest BCUT2D eigenvalue weighted by Crippen LogP contribution is 2.31. The molecule has 5 heteroatoms. The van der Waals surface area contributed by atoms with Crippen LogP contribution in [0.3, 0.4) is 0 Å². The first kappa shape index (κ1) is 14.5. The van der Waals surface area contributed by atoms with E-state index in [2.05, 4.69) is 16.6 Å². The lowest BCUT2D eigenvalue weighted by atomic mass is 9.81. The second-order valence-corrected chi connectivity index (χ2v) is 4.73. The predicted octanol–water partition coefficient (Wildman–Crippen LogP) is 0.359. The molecule has 0 bridgehead atoms. The Morgan fingerprint density at radius 3 is 2.78 bits per heavy atom. The van der Waals surface area contributed by atoms with Crippen LogP contribution in [-0.2, 0) is 9.59 Å². The van der Waals surface area contributed by atoms with Crippen molar-refractivity contribution in [2.24, 2.45) is 5.41 Å². The Kier molecular flexibility index (Phi) is 5.17. The van der Waals surface area contributed by atoms with Crippen molar-refractivity contribution in [1.29, 1.82) is 0 Å². The fourth-order valence-corrected chi connectivity index (χ4v) is 2.37. The first-order valence-electron chi connectivity index (χ1n) is 6.23. The molecule has 1 fully saturated rings. The molecule has 0 aromatic carbocycles. The van der Waals surface area contributed by atoms with E-state index in [-0.39, 0.29) is 12.3 Å². The SMILES string of the molecule is C#CCC(NC(=O)C1(CCC)CCNC1)C(=O)O. The second-order valence-electron chi connectivity index (χ2n) is 4.73. The third kappa shape index (κ3) is 3.23. The van der Waals surface area contributed by atoms with Crippen LogP contribution in [0.25, 0.3) is 0 Å². The molecule has 1 saturated heterocycles. The monoisotopic (exact) mass is 252 g/mol. The van der Waals surface area contributed by atoms with Crippen LogP contribution in [0.5, 0.6) is 0 Å². The smallest absolute Gasteiger partial charge is 0.327 e. The molecular weight excluding hydrogens is 232 g/mol. The van der Waals surface area contributed by atoms with Gasteiger partial charge >= 0.3 is 5.97 Å². The summed E-state index contributed by atoms with van der Waals surface area (Å²) in [6.45, 7) is 3.42. The molecule has 2 unspecified atom stereocenters. The number of carbonyl (C=O) groups is 2. The lowest BCUT2D eigenvalue weighted by molar-refractivity contribution is -0.143. The van der Waals surface area contributed by atoms with Crippen molar-refractivity contribution in [2.45, 2.75) is 38.6 Å². The van der Waals surface area contributed by atoms with Crippen LogP contribution < -0.4 is 10.6 Å². The van der Waals surface area contributed by atoms with Crippen molar-refractivity contribution in [3.05, 3.63) is 0 Å². The molecule has 1 heterocycles. The van der Waals surface area contributed by atoms with Gasteiger partial charge in [0.05, 0.1) is 5.41 Å². The molecule has 2 atom stereocenters. The Morgan fingerprint density at radius 2 is 2.33 bits per heavy atom. The molecule has 1 aliphatic heterocycles. The standard InChI is InChI=1S/C13H20N2O3/c1-3-5-10(11(16)17)15-12(18)13(6-4-2)7-8-14-9-13/h1,10,14H,4-9H2,2H3,(H,15,18)(H,16,17). The number of aliphatic carboxylic acids is 1. The van der Waals surface area contributed by atoms with Crippen LogP contribution >= 0.6 is 0 Å². The molecule has 1 amide bonds. The summed E-state index contributed by atoms with van der Waals surface area (Å²) in [4.78, 5) is 23.2. The minimum Gasteiger partial charge on any atom is -0.480 e. The topological polar surface area (TPSA) is 78.4 Å². The average molecular weight is 252 g/mol. The zero-order valence-corrected chi connectivity index (χ0v) is 10.7. The van der Waals surface area contributed by atoms with Crippen molar-refractivity contribution >= 4 is 11.9 Å². The van der Waals surface area contributed by atoms with Gasteiger partial charge in [0, 0.05) is 13.0 Å². The number of carbonyl (C=O) groups excluding carboxylic acids is 1. The van der Waals surface area contributed by atoms with E-state index < -0.39 is 17.4 Å². The van der Waals surface area contributed by atoms with E-state index in [0.29, 0.717) is 6.54 Å². The number of nitrogens with one attached hydrogen (secondary N) is 2. The van der Waals surface area contributed by atoms with Gasteiger partial charge in [0.2, 0.25) is 5.91 Å². The quantitative estimate of drug-likeness (QED) is 0.596. The van der Waals surface area contributed by atoms with Crippen LogP contribution in [0.15, 0.2) is 0 Å². The minimum absolute atomic E-state index is 0.0106. The molecule has 3 N–H and O–H groups in total. The van der Waals surface area contributed by atoms with Gasteiger partial charge in [0.1, 0.15) is 6.04 Å². The molecular formula is C13H20N2O3. The number of rotatable bonds is 6. The molecule has 18 heavy (non-hydrogen) atoms. The Morgan fingerprint density at radius 1 is 1.61 bits per heavy atom. The van der Waals surface area contributed by atoms with Gasteiger partial charge < -0.3 is 15.7 Å². The predicted molar refractivity (Wildman–Crippen MR) is 67.8 cm³/mol. The van der Waals surface area contributed by atoms with E-state index in [1.807, 2.05) is 6.92 Å². The average Bonchev–Trinajstić information content (AvgIpc) is 2.78. The second kappa shape index (κ2) is 6.41. The highest BCUT2D eigenvalue weighted by Gasteiger charge is 2.41. The summed E-state index contributed by atoms with van der Waals surface area (Å²) in [6.07, 6.45) is 7.52. The molecule has 0 saturated carbocycles. The third-order valence-electron chi connectivity index (χ3n) is 3.38. The Balaban J connectivity index is 2.72. The Labute approximate surface area is 107 Å². The summed E-state index contributed by atoms with van der Waals surface area (Å²) in [5.41, 5.74) is -0.475. The molecule has 100 valence electrons. The van der Waals surface area contributed by atoms with Gasteiger partial charge in [0.15, 0.2) is 0 Å². The molecule has 1 aliphatic rings. The Bertz CT molecular complexity index is 354. The van der Waals surface area contributed by atoms with Crippen LogP contribution in [0.4, 0.5) is 0 Å². The highest BCUT2D eigenvalue weighted by atomic mass is 16.4. The van der Waals surface area contributed by atoms with E-state index in [1.54, 1.807) is 0 Å². The van der Waals surface area contributed by atoms with E-state index in [9.17, 15) is 9.59 Å². The molecule has 1 rings (SSSR count). The maximum Gasteiger partial charge on any atom is 0.327 e. The van der Waals surface area contributed by atoms with Crippen molar-refractivity contribution in [3.63, 3.8) is 0 Å². The number of carboxylic acid groups (broad SMARTS) is 1. The summed E-state index contributed by atoms with van der Waals surface area (Å²) in [5, 5.41) is 14.7. The maximum absolute atomic E-state index is 12.3. The third-order valence-corrected chi connectivity index (χ3v) is 3.38. The first-order valence-corrected chi connectivity index (χ1v) is 6.23. The van der Waals surface area contributed by atoms with Gasteiger partial charge in [-0.15, -0.1) is 12.3 Å². The van der Waals surface area contributed by atoms with Gasteiger partial charge in [-0.2, -0.15) is 0 Å². The lowest BCUT2D eigenvalue weighted by Crippen LogP contribution is -2.49. The molecule has 0 radical (unpaired) electrons. The summed E-state index contributed by atoms with van der Waals surface area (Å²) in [5.74, 6) is 0.997. The summed E-state index contributed by atoms with van der Waals surface area (Å²) in [6, 6.07) is -0.989. The molecule has 0 aromatic rings. The minimum atomic E-state index is -1.08. The van der Waals surface area contributed by atoms with Gasteiger partial charge in [0.25, 0.3) is 0 Å². The van der Waals surface area contributed by atoms with Crippen molar-refractivity contribution in [3.8, 4) is 12.3 Å². The van der Waals surface area contributed by atoms with E-state index in [4.69, 9.17) is 11.5 Å². The van der Waals surface area contributed by atoms with Crippen LogP contribution in [0.1, 0.15) is 32.6 Å². The maximum atomic E-state index is 12.3. The highest BCUT2D eigenvalue weighted by molar-refractivity contribution is 5.88. The van der Waals surface area contributed by atoms with Crippen LogP contribution in [0.2, 0.25) is 0 Å². The summed E-state index contributed by atoms with van der Waals surface area (Å²) in [7, 11) is 0. The summed E-state index contributed by atoms with van der Waals surface area (Å²) < 4.78 is 0. The number of carboxylic acids is 1. The molecule has 0 aliphatic carbocycles. The number of hydrogen-bond donors (Lipinski definition) is 3. The van der Waals surface area contributed by atoms with Crippen LogP contribution in [-0.4, -0.2) is 36.1 Å². The molecule has 5 nitrogen and oxygen atoms in total. The molecule has 0 aromatic heterocycles. The van der Waals surface area contributed by atoms with E-state index in [1.165, 1.54) is 0 Å². The fraction of sp³-hybridized carbons (Fsp3) is 0.692. The van der Waals surface area contributed by atoms with Crippen LogP contribution in [0, 0.1) is 17.8 Å². The largest absolute Gasteiger partial charge is 0.480 e. The van der Waals surface area contributed by atoms with Gasteiger partial charge in [-0.05, 0) is 19.4 Å².